The molecule has 0 unspecified atom stereocenters. The predicted molar refractivity (Wildman–Crippen MR) is 69.0 cm³/mol. The predicted octanol–water partition coefficient (Wildman–Crippen LogP) is 2.76. The lowest BCUT2D eigenvalue weighted by Gasteiger charge is -2.08. The summed E-state index contributed by atoms with van der Waals surface area (Å²) in [5.41, 5.74) is 0. The van der Waals surface area contributed by atoms with Crippen molar-refractivity contribution >= 4 is 5.91 Å². The first-order chi connectivity index (χ1) is 8.58. The van der Waals surface area contributed by atoms with Crippen molar-refractivity contribution in [3.63, 3.8) is 0 Å². The van der Waals surface area contributed by atoms with Gasteiger partial charge in [0.05, 0.1) is 6.61 Å². The summed E-state index contributed by atoms with van der Waals surface area (Å²) >= 11 is 0. The van der Waals surface area contributed by atoms with Gasteiger partial charge in [-0.2, -0.15) is 0 Å². The van der Waals surface area contributed by atoms with Gasteiger partial charge in [0.1, 0.15) is 11.6 Å². The minimum absolute atomic E-state index is 0.0476. The molecule has 3 nitrogen and oxygen atoms in total. The van der Waals surface area contributed by atoms with Crippen molar-refractivity contribution in [3.05, 3.63) is 30.1 Å². The molecule has 100 valence electrons. The Labute approximate surface area is 107 Å². The van der Waals surface area contributed by atoms with Crippen molar-refractivity contribution in [2.75, 3.05) is 13.2 Å². The molecule has 0 spiro atoms. The Bertz CT molecular complexity index is 363. The zero-order valence-corrected chi connectivity index (χ0v) is 10.9. The summed E-state index contributed by atoms with van der Waals surface area (Å²) in [4.78, 5) is 11.4. The van der Waals surface area contributed by atoms with Crippen molar-refractivity contribution in [3.8, 4) is 5.75 Å². The Kier molecular flexibility index (Phi) is 6.19. The molecule has 0 saturated heterocycles. The van der Waals surface area contributed by atoms with E-state index in [4.69, 9.17) is 4.74 Å². The third-order valence-electron chi connectivity index (χ3n) is 2.34. The standard InChI is InChI=1S/C14H20FNO2/c1-11(2)10-16-14(17)4-3-9-18-13-7-5-12(15)6-8-13/h5-8,11H,3-4,9-10H2,1-2H3,(H,16,17). The first-order valence-electron chi connectivity index (χ1n) is 6.23. The minimum atomic E-state index is -0.282. The second kappa shape index (κ2) is 7.69. The van der Waals surface area contributed by atoms with Gasteiger partial charge in [-0.25, -0.2) is 4.39 Å². The first-order valence-corrected chi connectivity index (χ1v) is 6.23. The number of rotatable bonds is 7. The van der Waals surface area contributed by atoms with Gasteiger partial charge in [0.2, 0.25) is 5.91 Å². The molecule has 0 aliphatic rings. The molecular formula is C14H20FNO2. The number of carbonyl (C=O) groups excluding carboxylic acids is 1. The van der Waals surface area contributed by atoms with Gasteiger partial charge in [0, 0.05) is 13.0 Å². The largest absolute Gasteiger partial charge is 0.494 e. The lowest BCUT2D eigenvalue weighted by molar-refractivity contribution is -0.121. The number of amides is 1. The van der Waals surface area contributed by atoms with E-state index in [1.807, 2.05) is 0 Å². The quantitative estimate of drug-likeness (QED) is 0.759. The number of hydrogen-bond donors (Lipinski definition) is 1. The van der Waals surface area contributed by atoms with Gasteiger partial charge in [-0.05, 0) is 36.6 Å². The molecule has 0 heterocycles. The summed E-state index contributed by atoms with van der Waals surface area (Å²) in [6.07, 6.45) is 1.11. The van der Waals surface area contributed by atoms with Gasteiger partial charge in [0.15, 0.2) is 0 Å². The molecule has 0 radical (unpaired) electrons. The molecule has 18 heavy (non-hydrogen) atoms. The van der Waals surface area contributed by atoms with Crippen molar-refractivity contribution in [2.24, 2.45) is 5.92 Å². The van der Waals surface area contributed by atoms with Gasteiger partial charge in [-0.1, -0.05) is 13.8 Å². The van der Waals surface area contributed by atoms with Gasteiger partial charge < -0.3 is 10.1 Å². The molecule has 0 atom stereocenters. The lowest BCUT2D eigenvalue weighted by Crippen LogP contribution is -2.27. The Morgan fingerprint density at radius 2 is 2.00 bits per heavy atom. The van der Waals surface area contributed by atoms with E-state index in [2.05, 4.69) is 19.2 Å². The highest BCUT2D eigenvalue weighted by Gasteiger charge is 2.02. The van der Waals surface area contributed by atoms with Gasteiger partial charge >= 0.3 is 0 Å². The fourth-order valence-corrected chi connectivity index (χ4v) is 1.36. The molecule has 0 aliphatic carbocycles. The monoisotopic (exact) mass is 253 g/mol. The van der Waals surface area contributed by atoms with Crippen LogP contribution in [-0.2, 0) is 4.79 Å². The molecule has 1 rings (SSSR count). The number of hydrogen-bond acceptors (Lipinski definition) is 2. The van der Waals surface area contributed by atoms with E-state index in [0.29, 0.717) is 37.7 Å². The molecule has 0 aromatic heterocycles. The van der Waals surface area contributed by atoms with Crippen LogP contribution in [0.25, 0.3) is 0 Å². The summed E-state index contributed by atoms with van der Waals surface area (Å²) in [7, 11) is 0. The van der Waals surface area contributed by atoms with E-state index in [1.165, 1.54) is 12.1 Å². The van der Waals surface area contributed by atoms with Crippen LogP contribution >= 0.6 is 0 Å². The third kappa shape index (κ3) is 6.23. The zero-order valence-electron chi connectivity index (χ0n) is 10.9. The topological polar surface area (TPSA) is 38.3 Å². The second-order valence-electron chi connectivity index (χ2n) is 4.60. The smallest absolute Gasteiger partial charge is 0.220 e. The number of benzene rings is 1. The van der Waals surface area contributed by atoms with Crippen molar-refractivity contribution in [2.45, 2.75) is 26.7 Å². The van der Waals surface area contributed by atoms with Crippen LogP contribution in [0, 0.1) is 11.7 Å². The SMILES string of the molecule is CC(C)CNC(=O)CCCOc1ccc(F)cc1. The van der Waals surface area contributed by atoms with E-state index in [9.17, 15) is 9.18 Å². The molecular weight excluding hydrogens is 233 g/mol. The van der Waals surface area contributed by atoms with E-state index >= 15 is 0 Å². The number of nitrogens with one attached hydrogen (secondary N) is 1. The Hall–Kier alpha value is -1.58. The van der Waals surface area contributed by atoms with Crippen LogP contribution in [0.1, 0.15) is 26.7 Å². The van der Waals surface area contributed by atoms with Crippen LogP contribution in [-0.4, -0.2) is 19.1 Å². The molecule has 1 aromatic rings. The van der Waals surface area contributed by atoms with Crippen LogP contribution in [0.4, 0.5) is 4.39 Å². The highest BCUT2D eigenvalue weighted by atomic mass is 19.1. The fraction of sp³-hybridized carbons (Fsp3) is 0.500. The Morgan fingerprint density at radius 3 is 2.61 bits per heavy atom. The summed E-state index contributed by atoms with van der Waals surface area (Å²) in [6, 6.07) is 5.86. The maximum atomic E-state index is 12.6. The van der Waals surface area contributed by atoms with Crippen LogP contribution in [0.5, 0.6) is 5.75 Å². The summed E-state index contributed by atoms with van der Waals surface area (Å²) in [6.45, 7) is 5.27. The molecule has 1 amide bonds. The molecule has 0 saturated carbocycles. The average molecular weight is 253 g/mol. The number of halogens is 1. The summed E-state index contributed by atoms with van der Waals surface area (Å²) in [5.74, 6) is 0.852. The van der Waals surface area contributed by atoms with E-state index < -0.39 is 0 Å². The Balaban J connectivity index is 2.11. The molecule has 0 bridgehead atoms. The summed E-state index contributed by atoms with van der Waals surface area (Å²) in [5, 5.41) is 2.84. The van der Waals surface area contributed by atoms with Gasteiger partial charge in [-0.3, -0.25) is 4.79 Å². The zero-order chi connectivity index (χ0) is 13.4. The van der Waals surface area contributed by atoms with Gasteiger partial charge in [0.25, 0.3) is 0 Å². The normalized spacial score (nSPS) is 10.4. The van der Waals surface area contributed by atoms with Crippen LogP contribution < -0.4 is 10.1 Å². The van der Waals surface area contributed by atoms with Crippen molar-refractivity contribution in [1.29, 1.82) is 0 Å². The maximum absolute atomic E-state index is 12.6. The van der Waals surface area contributed by atoms with Gasteiger partial charge in [-0.15, -0.1) is 0 Å². The molecule has 0 fully saturated rings. The average Bonchev–Trinajstić information content (AvgIpc) is 2.34. The second-order valence-corrected chi connectivity index (χ2v) is 4.60. The fourth-order valence-electron chi connectivity index (χ4n) is 1.36. The lowest BCUT2D eigenvalue weighted by atomic mass is 10.2. The molecule has 4 heteroatoms. The minimum Gasteiger partial charge on any atom is -0.494 e. The number of ether oxygens (including phenoxy) is 1. The highest BCUT2D eigenvalue weighted by Crippen LogP contribution is 2.11. The van der Waals surface area contributed by atoms with Crippen molar-refractivity contribution < 1.29 is 13.9 Å². The number of carbonyl (C=O) groups is 1. The molecule has 0 aliphatic heterocycles. The Morgan fingerprint density at radius 1 is 1.33 bits per heavy atom. The molecule has 1 aromatic carbocycles. The maximum Gasteiger partial charge on any atom is 0.220 e. The van der Waals surface area contributed by atoms with Crippen molar-refractivity contribution in [1.82, 2.24) is 5.32 Å². The van der Waals surface area contributed by atoms with Crippen LogP contribution in [0.15, 0.2) is 24.3 Å². The van der Waals surface area contributed by atoms with E-state index in [-0.39, 0.29) is 11.7 Å². The first kappa shape index (κ1) is 14.5. The third-order valence-corrected chi connectivity index (χ3v) is 2.34. The summed E-state index contributed by atoms with van der Waals surface area (Å²) < 4.78 is 18.0. The van der Waals surface area contributed by atoms with E-state index in [1.54, 1.807) is 12.1 Å². The molecule has 1 N–H and O–H groups in total. The van der Waals surface area contributed by atoms with E-state index in [0.717, 1.165) is 0 Å². The van der Waals surface area contributed by atoms with Crippen LogP contribution in [0.2, 0.25) is 0 Å². The highest BCUT2D eigenvalue weighted by molar-refractivity contribution is 5.75. The van der Waals surface area contributed by atoms with Crippen LogP contribution in [0.3, 0.4) is 0 Å².